The second-order valence-electron chi connectivity index (χ2n) is 5.46. The van der Waals surface area contributed by atoms with Crippen LogP contribution < -0.4 is 5.32 Å². The highest BCUT2D eigenvalue weighted by molar-refractivity contribution is 7.99. The molecular weight excluding hydrogens is 244 g/mol. The number of piperidine rings is 1. The number of amides is 1. The van der Waals surface area contributed by atoms with Gasteiger partial charge >= 0.3 is 0 Å². The predicted octanol–water partition coefficient (Wildman–Crippen LogP) is 1.98. The molecule has 104 valence electrons. The zero-order valence-corrected chi connectivity index (χ0v) is 12.3. The molecule has 2 aliphatic heterocycles. The molecule has 2 fully saturated rings. The number of likely N-dealkylation sites (tertiary alicyclic amines) is 1. The Morgan fingerprint density at radius 2 is 1.89 bits per heavy atom. The van der Waals surface area contributed by atoms with E-state index in [0.717, 1.165) is 44.9 Å². The molecule has 0 radical (unpaired) electrons. The highest BCUT2D eigenvalue weighted by Crippen LogP contribution is 2.26. The van der Waals surface area contributed by atoms with Crippen LogP contribution in [0.2, 0.25) is 0 Å². The lowest BCUT2D eigenvalue weighted by atomic mass is 9.94. The molecule has 2 saturated heterocycles. The SMILES string of the molecule is CCNCC1CCN(C(=O)C2CCSCC2)CC1. The quantitative estimate of drug-likeness (QED) is 0.848. The van der Waals surface area contributed by atoms with Crippen molar-refractivity contribution in [3.8, 4) is 0 Å². The minimum absolute atomic E-state index is 0.330. The van der Waals surface area contributed by atoms with Gasteiger partial charge in [0.15, 0.2) is 0 Å². The van der Waals surface area contributed by atoms with Crippen LogP contribution in [0.3, 0.4) is 0 Å². The van der Waals surface area contributed by atoms with Crippen molar-refractivity contribution in [2.75, 3.05) is 37.7 Å². The van der Waals surface area contributed by atoms with Crippen LogP contribution in [0.4, 0.5) is 0 Å². The van der Waals surface area contributed by atoms with Gasteiger partial charge in [-0.15, -0.1) is 0 Å². The Balaban J connectivity index is 1.73. The lowest BCUT2D eigenvalue weighted by molar-refractivity contribution is -0.137. The van der Waals surface area contributed by atoms with Crippen LogP contribution in [0.15, 0.2) is 0 Å². The Kier molecular flexibility index (Phi) is 5.83. The van der Waals surface area contributed by atoms with Gasteiger partial charge in [-0.2, -0.15) is 11.8 Å². The molecule has 0 aromatic rings. The number of nitrogens with zero attached hydrogens (tertiary/aromatic N) is 1. The maximum absolute atomic E-state index is 12.4. The summed E-state index contributed by atoms with van der Waals surface area (Å²) in [5.74, 6) is 3.89. The summed E-state index contributed by atoms with van der Waals surface area (Å²) < 4.78 is 0. The largest absolute Gasteiger partial charge is 0.342 e. The van der Waals surface area contributed by atoms with E-state index in [1.807, 2.05) is 11.8 Å². The van der Waals surface area contributed by atoms with Crippen molar-refractivity contribution in [2.45, 2.75) is 32.6 Å². The maximum atomic E-state index is 12.4. The fourth-order valence-corrected chi connectivity index (χ4v) is 4.02. The molecule has 0 aliphatic carbocycles. The van der Waals surface area contributed by atoms with Gasteiger partial charge in [-0.05, 0) is 56.2 Å². The van der Waals surface area contributed by atoms with E-state index in [0.29, 0.717) is 11.8 Å². The van der Waals surface area contributed by atoms with Gasteiger partial charge in [-0.25, -0.2) is 0 Å². The van der Waals surface area contributed by atoms with E-state index in [2.05, 4.69) is 17.1 Å². The molecule has 0 unspecified atom stereocenters. The first-order chi connectivity index (χ1) is 8.81. The third kappa shape index (κ3) is 3.89. The first-order valence-electron chi connectivity index (χ1n) is 7.38. The second-order valence-corrected chi connectivity index (χ2v) is 6.69. The molecule has 2 heterocycles. The fraction of sp³-hybridized carbons (Fsp3) is 0.929. The number of hydrogen-bond acceptors (Lipinski definition) is 3. The number of nitrogens with one attached hydrogen (secondary N) is 1. The first-order valence-corrected chi connectivity index (χ1v) is 8.54. The molecule has 2 aliphatic rings. The van der Waals surface area contributed by atoms with Crippen molar-refractivity contribution in [2.24, 2.45) is 11.8 Å². The van der Waals surface area contributed by atoms with Crippen LogP contribution in [0, 0.1) is 11.8 Å². The Hall–Kier alpha value is -0.220. The van der Waals surface area contributed by atoms with Gasteiger partial charge in [0, 0.05) is 19.0 Å². The van der Waals surface area contributed by atoms with Crippen molar-refractivity contribution < 1.29 is 4.79 Å². The molecule has 18 heavy (non-hydrogen) atoms. The summed E-state index contributed by atoms with van der Waals surface area (Å²) in [4.78, 5) is 14.5. The minimum Gasteiger partial charge on any atom is -0.342 e. The van der Waals surface area contributed by atoms with Crippen LogP contribution in [0.25, 0.3) is 0 Å². The summed E-state index contributed by atoms with van der Waals surface area (Å²) in [7, 11) is 0. The smallest absolute Gasteiger partial charge is 0.225 e. The minimum atomic E-state index is 0.330. The summed E-state index contributed by atoms with van der Waals surface area (Å²) in [5.41, 5.74) is 0. The molecule has 0 aromatic carbocycles. The summed E-state index contributed by atoms with van der Waals surface area (Å²) in [5, 5.41) is 3.42. The van der Waals surface area contributed by atoms with Crippen molar-refractivity contribution in [1.29, 1.82) is 0 Å². The third-order valence-electron chi connectivity index (χ3n) is 4.18. The average molecular weight is 270 g/mol. The average Bonchev–Trinajstić information content (AvgIpc) is 2.46. The topological polar surface area (TPSA) is 32.3 Å². The van der Waals surface area contributed by atoms with E-state index >= 15 is 0 Å². The Bertz CT molecular complexity index is 259. The van der Waals surface area contributed by atoms with E-state index in [-0.39, 0.29) is 0 Å². The van der Waals surface area contributed by atoms with Gasteiger partial charge < -0.3 is 10.2 Å². The van der Waals surface area contributed by atoms with Gasteiger partial charge in [0.2, 0.25) is 5.91 Å². The molecule has 3 nitrogen and oxygen atoms in total. The molecule has 0 saturated carbocycles. The Morgan fingerprint density at radius 1 is 1.22 bits per heavy atom. The lowest BCUT2D eigenvalue weighted by Crippen LogP contribution is -2.44. The van der Waals surface area contributed by atoms with Crippen LogP contribution in [-0.2, 0) is 4.79 Å². The van der Waals surface area contributed by atoms with Crippen molar-refractivity contribution in [3.63, 3.8) is 0 Å². The molecule has 1 N–H and O–H groups in total. The van der Waals surface area contributed by atoms with E-state index in [1.165, 1.54) is 24.3 Å². The lowest BCUT2D eigenvalue weighted by Gasteiger charge is -2.35. The molecule has 0 aromatic heterocycles. The van der Waals surface area contributed by atoms with Crippen LogP contribution in [0.1, 0.15) is 32.6 Å². The van der Waals surface area contributed by atoms with Crippen molar-refractivity contribution in [3.05, 3.63) is 0 Å². The highest BCUT2D eigenvalue weighted by atomic mass is 32.2. The van der Waals surface area contributed by atoms with Crippen LogP contribution in [0.5, 0.6) is 0 Å². The zero-order valence-electron chi connectivity index (χ0n) is 11.5. The zero-order chi connectivity index (χ0) is 12.8. The molecule has 0 atom stereocenters. The van der Waals surface area contributed by atoms with E-state index in [9.17, 15) is 4.79 Å². The molecule has 0 bridgehead atoms. The monoisotopic (exact) mass is 270 g/mol. The summed E-state index contributed by atoms with van der Waals surface area (Å²) in [6, 6.07) is 0. The fourth-order valence-electron chi connectivity index (χ4n) is 2.91. The third-order valence-corrected chi connectivity index (χ3v) is 5.23. The summed E-state index contributed by atoms with van der Waals surface area (Å²) in [6.07, 6.45) is 4.56. The maximum Gasteiger partial charge on any atom is 0.225 e. The van der Waals surface area contributed by atoms with Gasteiger partial charge in [0.1, 0.15) is 0 Å². The number of carbonyl (C=O) groups excluding carboxylic acids is 1. The van der Waals surface area contributed by atoms with E-state index < -0.39 is 0 Å². The van der Waals surface area contributed by atoms with Gasteiger partial charge in [-0.3, -0.25) is 4.79 Å². The van der Waals surface area contributed by atoms with E-state index in [1.54, 1.807) is 0 Å². The van der Waals surface area contributed by atoms with Crippen LogP contribution >= 0.6 is 11.8 Å². The molecule has 1 amide bonds. The molecule has 2 rings (SSSR count). The number of hydrogen-bond donors (Lipinski definition) is 1. The normalized spacial score (nSPS) is 23.3. The standard InChI is InChI=1S/C14H26N2OS/c1-2-15-11-12-3-7-16(8-4-12)14(17)13-5-9-18-10-6-13/h12-13,15H,2-11H2,1H3. The summed E-state index contributed by atoms with van der Waals surface area (Å²) in [6.45, 7) is 6.30. The predicted molar refractivity (Wildman–Crippen MR) is 77.9 cm³/mol. The van der Waals surface area contributed by atoms with Gasteiger partial charge in [-0.1, -0.05) is 6.92 Å². The van der Waals surface area contributed by atoms with Crippen molar-refractivity contribution in [1.82, 2.24) is 10.2 Å². The van der Waals surface area contributed by atoms with Crippen molar-refractivity contribution >= 4 is 17.7 Å². The summed E-state index contributed by atoms with van der Waals surface area (Å²) >= 11 is 1.99. The number of carbonyl (C=O) groups is 1. The van der Waals surface area contributed by atoms with E-state index in [4.69, 9.17) is 0 Å². The van der Waals surface area contributed by atoms with Gasteiger partial charge in [0.25, 0.3) is 0 Å². The highest BCUT2D eigenvalue weighted by Gasteiger charge is 2.28. The van der Waals surface area contributed by atoms with Gasteiger partial charge in [0.05, 0.1) is 0 Å². The first kappa shape index (κ1) is 14.2. The molecule has 4 heteroatoms. The Morgan fingerprint density at radius 3 is 2.50 bits per heavy atom. The Labute approximate surface area is 115 Å². The van der Waals surface area contributed by atoms with Crippen LogP contribution in [-0.4, -0.2) is 48.5 Å². The number of thioether (sulfide) groups is 1. The number of rotatable bonds is 4. The second kappa shape index (κ2) is 7.39. The molecule has 0 spiro atoms. The molecular formula is C14H26N2OS.